The molecule has 1 saturated heterocycles. The second kappa shape index (κ2) is 8.42. The maximum absolute atomic E-state index is 12.6. The molecule has 0 saturated carbocycles. The number of sulfonamides is 1. The number of amides is 1. The second-order valence-electron chi connectivity index (χ2n) is 5.72. The fourth-order valence-electron chi connectivity index (χ4n) is 2.71. The molecule has 0 bridgehead atoms. The average Bonchev–Trinajstić information content (AvgIpc) is 2.55. The number of rotatable bonds is 7. The summed E-state index contributed by atoms with van der Waals surface area (Å²) in [6.07, 6.45) is 1.42. The summed E-state index contributed by atoms with van der Waals surface area (Å²) >= 11 is 0. The third kappa shape index (κ3) is 5.30. The van der Waals surface area contributed by atoms with Crippen molar-refractivity contribution in [3.05, 3.63) is 35.9 Å². The Kier molecular flexibility index (Phi) is 6.56. The minimum absolute atomic E-state index is 0.0220. The molecule has 1 aromatic rings. The molecule has 0 aliphatic carbocycles. The molecule has 7 heteroatoms. The smallest absolute Gasteiger partial charge is 0.224 e. The Morgan fingerprint density at radius 2 is 2.09 bits per heavy atom. The highest BCUT2D eigenvalue weighted by Gasteiger charge is 2.32. The van der Waals surface area contributed by atoms with Gasteiger partial charge in [0.2, 0.25) is 15.9 Å². The first-order valence-corrected chi connectivity index (χ1v) is 9.42. The highest BCUT2D eigenvalue weighted by Crippen LogP contribution is 2.21. The van der Waals surface area contributed by atoms with Crippen LogP contribution in [0.1, 0.15) is 18.4 Å². The molecule has 1 unspecified atom stereocenters. The zero-order chi connectivity index (χ0) is 16.7. The third-order valence-corrected chi connectivity index (χ3v) is 5.76. The van der Waals surface area contributed by atoms with Crippen LogP contribution in [-0.2, 0) is 25.3 Å². The molecule has 0 radical (unpaired) electrons. The minimum atomic E-state index is -3.40. The van der Waals surface area contributed by atoms with Gasteiger partial charge in [-0.2, -0.15) is 0 Å². The Bertz CT molecular complexity index is 604. The van der Waals surface area contributed by atoms with Crippen LogP contribution < -0.4 is 5.32 Å². The molecule has 1 aromatic carbocycles. The summed E-state index contributed by atoms with van der Waals surface area (Å²) in [7, 11) is -1.83. The SMILES string of the molecule is COCCNC(=O)C1CCCN(S(=O)(=O)Cc2ccccc2)C1. The second-order valence-corrected chi connectivity index (χ2v) is 7.69. The first kappa shape index (κ1) is 17.9. The molecule has 2 rings (SSSR count). The van der Waals surface area contributed by atoms with Crippen LogP contribution in [0.5, 0.6) is 0 Å². The summed E-state index contributed by atoms with van der Waals surface area (Å²) in [5.41, 5.74) is 0.763. The number of methoxy groups -OCH3 is 1. The Hall–Kier alpha value is -1.44. The molecular weight excluding hydrogens is 316 g/mol. The van der Waals surface area contributed by atoms with Crippen LogP contribution in [0.2, 0.25) is 0 Å². The molecule has 1 aliphatic heterocycles. The number of nitrogens with zero attached hydrogens (tertiary/aromatic N) is 1. The molecule has 1 N–H and O–H groups in total. The van der Waals surface area contributed by atoms with E-state index in [1.165, 1.54) is 4.31 Å². The predicted octanol–water partition coefficient (Wildman–Crippen LogP) is 0.991. The third-order valence-electron chi connectivity index (χ3n) is 3.95. The molecule has 6 nitrogen and oxygen atoms in total. The number of ether oxygens (including phenoxy) is 1. The van der Waals surface area contributed by atoms with Crippen LogP contribution in [0, 0.1) is 5.92 Å². The van der Waals surface area contributed by atoms with Crippen molar-refractivity contribution in [1.82, 2.24) is 9.62 Å². The molecule has 1 amide bonds. The number of carbonyl (C=O) groups is 1. The summed E-state index contributed by atoms with van der Waals surface area (Å²) in [5, 5.41) is 2.79. The summed E-state index contributed by atoms with van der Waals surface area (Å²) in [5.74, 6) is -0.404. The molecule has 1 fully saturated rings. The summed E-state index contributed by atoms with van der Waals surface area (Å²) in [6.45, 7) is 1.64. The molecule has 23 heavy (non-hydrogen) atoms. The van der Waals surface area contributed by atoms with Gasteiger partial charge in [-0.15, -0.1) is 0 Å². The van der Waals surface area contributed by atoms with Gasteiger partial charge in [0.05, 0.1) is 18.3 Å². The van der Waals surface area contributed by atoms with E-state index in [-0.39, 0.29) is 24.1 Å². The number of benzene rings is 1. The van der Waals surface area contributed by atoms with Gasteiger partial charge in [-0.25, -0.2) is 12.7 Å². The zero-order valence-electron chi connectivity index (χ0n) is 13.4. The van der Waals surface area contributed by atoms with E-state index in [1.807, 2.05) is 18.2 Å². The van der Waals surface area contributed by atoms with Crippen LogP contribution in [0.15, 0.2) is 30.3 Å². The quantitative estimate of drug-likeness (QED) is 0.751. The number of hydrogen-bond acceptors (Lipinski definition) is 4. The minimum Gasteiger partial charge on any atom is -0.383 e. The van der Waals surface area contributed by atoms with E-state index in [4.69, 9.17) is 4.74 Å². The first-order chi connectivity index (χ1) is 11.0. The van der Waals surface area contributed by atoms with Crippen molar-refractivity contribution in [2.24, 2.45) is 5.92 Å². The van der Waals surface area contributed by atoms with Crippen LogP contribution in [0.3, 0.4) is 0 Å². The van der Waals surface area contributed by atoms with E-state index in [0.29, 0.717) is 26.1 Å². The molecule has 1 aliphatic rings. The van der Waals surface area contributed by atoms with E-state index in [0.717, 1.165) is 12.0 Å². The van der Waals surface area contributed by atoms with Gasteiger partial charge in [-0.05, 0) is 18.4 Å². The van der Waals surface area contributed by atoms with Gasteiger partial charge >= 0.3 is 0 Å². The highest BCUT2D eigenvalue weighted by atomic mass is 32.2. The lowest BCUT2D eigenvalue weighted by Crippen LogP contribution is -2.46. The maximum atomic E-state index is 12.6. The van der Waals surface area contributed by atoms with Crippen molar-refractivity contribution in [1.29, 1.82) is 0 Å². The number of piperidine rings is 1. The fourth-order valence-corrected chi connectivity index (χ4v) is 4.32. The van der Waals surface area contributed by atoms with E-state index in [1.54, 1.807) is 19.2 Å². The summed E-state index contributed by atoms with van der Waals surface area (Å²) < 4.78 is 31.5. The number of hydrogen-bond donors (Lipinski definition) is 1. The van der Waals surface area contributed by atoms with Crippen LogP contribution in [0.25, 0.3) is 0 Å². The van der Waals surface area contributed by atoms with Crippen LogP contribution >= 0.6 is 0 Å². The Balaban J connectivity index is 1.95. The topological polar surface area (TPSA) is 75.7 Å². The van der Waals surface area contributed by atoms with Crippen molar-refractivity contribution in [2.45, 2.75) is 18.6 Å². The lowest BCUT2D eigenvalue weighted by Gasteiger charge is -2.31. The Morgan fingerprint density at radius 1 is 1.35 bits per heavy atom. The van der Waals surface area contributed by atoms with Gasteiger partial charge in [-0.1, -0.05) is 30.3 Å². The average molecular weight is 340 g/mol. The van der Waals surface area contributed by atoms with Crippen molar-refractivity contribution in [3.63, 3.8) is 0 Å². The zero-order valence-corrected chi connectivity index (χ0v) is 14.2. The molecule has 0 aromatic heterocycles. The lowest BCUT2D eigenvalue weighted by molar-refractivity contribution is -0.126. The van der Waals surface area contributed by atoms with Crippen molar-refractivity contribution >= 4 is 15.9 Å². The van der Waals surface area contributed by atoms with E-state index < -0.39 is 10.0 Å². The maximum Gasteiger partial charge on any atom is 0.224 e. The first-order valence-electron chi connectivity index (χ1n) is 7.81. The summed E-state index contributed by atoms with van der Waals surface area (Å²) in [4.78, 5) is 12.1. The Labute approximate surface area is 137 Å². The van der Waals surface area contributed by atoms with Gasteiger partial charge in [0.15, 0.2) is 0 Å². The number of carbonyl (C=O) groups excluding carboxylic acids is 1. The van der Waals surface area contributed by atoms with Gasteiger partial charge in [0.1, 0.15) is 0 Å². The highest BCUT2D eigenvalue weighted by molar-refractivity contribution is 7.88. The van der Waals surface area contributed by atoms with E-state index >= 15 is 0 Å². The van der Waals surface area contributed by atoms with Crippen LogP contribution in [-0.4, -0.2) is 52.0 Å². The molecule has 1 atom stereocenters. The van der Waals surface area contributed by atoms with E-state index in [9.17, 15) is 13.2 Å². The lowest BCUT2D eigenvalue weighted by atomic mass is 9.99. The molecular formula is C16H24N2O4S. The van der Waals surface area contributed by atoms with Gasteiger partial charge < -0.3 is 10.1 Å². The van der Waals surface area contributed by atoms with Crippen molar-refractivity contribution in [2.75, 3.05) is 33.4 Å². The monoisotopic (exact) mass is 340 g/mol. The van der Waals surface area contributed by atoms with Gasteiger partial charge in [0.25, 0.3) is 0 Å². The fraction of sp³-hybridized carbons (Fsp3) is 0.562. The Morgan fingerprint density at radius 3 is 2.78 bits per heavy atom. The van der Waals surface area contributed by atoms with Crippen molar-refractivity contribution in [3.8, 4) is 0 Å². The van der Waals surface area contributed by atoms with Gasteiger partial charge in [0, 0.05) is 26.7 Å². The van der Waals surface area contributed by atoms with Gasteiger partial charge in [-0.3, -0.25) is 4.79 Å². The standard InChI is InChI=1S/C16H24N2O4S/c1-22-11-9-17-16(19)15-8-5-10-18(12-15)23(20,21)13-14-6-3-2-4-7-14/h2-4,6-7,15H,5,8-13H2,1H3,(H,17,19). The largest absolute Gasteiger partial charge is 0.383 e. The summed E-state index contributed by atoms with van der Waals surface area (Å²) in [6, 6.07) is 9.12. The normalized spacial score (nSPS) is 19.4. The van der Waals surface area contributed by atoms with Crippen molar-refractivity contribution < 1.29 is 17.9 Å². The molecule has 1 heterocycles. The molecule has 128 valence electrons. The predicted molar refractivity (Wildman–Crippen MR) is 88.2 cm³/mol. The van der Waals surface area contributed by atoms with E-state index in [2.05, 4.69) is 5.32 Å². The molecule has 0 spiro atoms. The van der Waals surface area contributed by atoms with Crippen LogP contribution in [0.4, 0.5) is 0 Å². The number of nitrogens with one attached hydrogen (secondary N) is 1.